The summed E-state index contributed by atoms with van der Waals surface area (Å²) in [6, 6.07) is 6.54. The monoisotopic (exact) mass is 385 g/mol. The maximum Gasteiger partial charge on any atom is 0.236 e. The van der Waals surface area contributed by atoms with Crippen LogP contribution >= 0.6 is 0 Å². The van der Waals surface area contributed by atoms with Gasteiger partial charge in [0.05, 0.1) is 18.7 Å². The van der Waals surface area contributed by atoms with Crippen molar-refractivity contribution >= 4 is 5.91 Å². The van der Waals surface area contributed by atoms with Gasteiger partial charge in [-0.3, -0.25) is 9.69 Å². The number of carbonyl (C=O) groups is 1. The van der Waals surface area contributed by atoms with Gasteiger partial charge in [0.15, 0.2) is 5.89 Å². The van der Waals surface area contributed by atoms with E-state index in [2.05, 4.69) is 9.88 Å². The van der Waals surface area contributed by atoms with E-state index in [1.165, 1.54) is 31.4 Å². The molecular weight excluding hydrogens is 357 g/mol. The summed E-state index contributed by atoms with van der Waals surface area (Å²) in [5.41, 5.74) is 0.865. The van der Waals surface area contributed by atoms with Crippen LogP contribution in [0.4, 0.5) is 4.39 Å². The van der Waals surface area contributed by atoms with Gasteiger partial charge >= 0.3 is 0 Å². The highest BCUT2D eigenvalue weighted by molar-refractivity contribution is 5.78. The molecule has 1 amide bonds. The molecule has 28 heavy (non-hydrogen) atoms. The Morgan fingerprint density at radius 3 is 2.86 bits per heavy atom. The van der Waals surface area contributed by atoms with E-state index in [0.717, 1.165) is 43.8 Å². The van der Waals surface area contributed by atoms with Crippen LogP contribution in [0.25, 0.3) is 0 Å². The van der Waals surface area contributed by atoms with Gasteiger partial charge in [-0.25, -0.2) is 9.37 Å². The first-order valence-electron chi connectivity index (χ1n) is 10.4. The van der Waals surface area contributed by atoms with E-state index in [1.54, 1.807) is 12.3 Å². The Morgan fingerprint density at radius 1 is 1.18 bits per heavy atom. The zero-order valence-corrected chi connectivity index (χ0v) is 16.3. The molecule has 150 valence electrons. The van der Waals surface area contributed by atoms with Crippen LogP contribution in [0.3, 0.4) is 0 Å². The van der Waals surface area contributed by atoms with Crippen LogP contribution in [0.5, 0.6) is 0 Å². The van der Waals surface area contributed by atoms with Gasteiger partial charge in [-0.05, 0) is 56.5 Å². The third-order valence-corrected chi connectivity index (χ3v) is 5.77. The van der Waals surface area contributed by atoms with Crippen molar-refractivity contribution in [3.8, 4) is 0 Å². The van der Waals surface area contributed by atoms with Gasteiger partial charge in [-0.1, -0.05) is 18.6 Å². The van der Waals surface area contributed by atoms with E-state index in [9.17, 15) is 9.18 Å². The number of rotatable bonds is 5. The molecule has 1 aromatic carbocycles. The van der Waals surface area contributed by atoms with Crippen molar-refractivity contribution in [3.63, 3.8) is 0 Å². The Bertz CT molecular complexity index is 801. The second kappa shape index (κ2) is 8.86. The molecule has 3 heterocycles. The zero-order chi connectivity index (χ0) is 19.3. The fourth-order valence-electron chi connectivity index (χ4n) is 4.26. The average molecular weight is 385 g/mol. The first kappa shape index (κ1) is 19.1. The van der Waals surface area contributed by atoms with E-state index >= 15 is 0 Å². The Labute approximate surface area is 165 Å². The number of hydrogen-bond donors (Lipinski definition) is 0. The third kappa shape index (κ3) is 4.79. The van der Waals surface area contributed by atoms with E-state index in [4.69, 9.17) is 4.42 Å². The molecule has 2 aromatic rings. The lowest BCUT2D eigenvalue weighted by atomic mass is 9.98. The highest BCUT2D eigenvalue weighted by Crippen LogP contribution is 2.27. The number of benzene rings is 1. The minimum absolute atomic E-state index is 0.139. The maximum atomic E-state index is 13.4. The zero-order valence-electron chi connectivity index (χ0n) is 16.3. The molecule has 5 nitrogen and oxygen atoms in total. The SMILES string of the molecule is O=C(CN1CCCCC1)N1CCCC(c2ncc(Cc3cccc(F)c3)o2)C1. The van der Waals surface area contributed by atoms with Crippen molar-refractivity contribution in [2.75, 3.05) is 32.7 Å². The molecule has 2 aliphatic rings. The smallest absolute Gasteiger partial charge is 0.236 e. The number of halogens is 1. The number of aromatic nitrogens is 1. The highest BCUT2D eigenvalue weighted by atomic mass is 19.1. The Morgan fingerprint density at radius 2 is 2.04 bits per heavy atom. The van der Waals surface area contributed by atoms with Crippen molar-refractivity contribution in [2.45, 2.75) is 44.4 Å². The molecule has 2 saturated heterocycles. The summed E-state index contributed by atoms with van der Waals surface area (Å²) in [5, 5.41) is 0. The lowest BCUT2D eigenvalue weighted by molar-refractivity contribution is -0.134. The molecule has 4 rings (SSSR count). The number of piperidine rings is 2. The quantitative estimate of drug-likeness (QED) is 0.789. The molecule has 0 spiro atoms. The van der Waals surface area contributed by atoms with Crippen molar-refractivity contribution in [1.82, 2.24) is 14.8 Å². The molecule has 2 fully saturated rings. The Kier molecular flexibility index (Phi) is 6.05. The first-order chi connectivity index (χ1) is 13.7. The summed E-state index contributed by atoms with van der Waals surface area (Å²) >= 11 is 0. The predicted molar refractivity (Wildman–Crippen MR) is 105 cm³/mol. The molecule has 1 unspecified atom stereocenters. The number of carbonyl (C=O) groups excluding carboxylic acids is 1. The molecular formula is C22H28FN3O2. The summed E-state index contributed by atoms with van der Waals surface area (Å²) in [4.78, 5) is 21.4. The standard InChI is InChI=1S/C22H28FN3O2/c23-19-8-4-6-17(12-19)13-20-14-24-22(28-20)18-7-5-11-26(15-18)21(27)16-25-9-2-1-3-10-25/h4,6,8,12,14,18H,1-3,5,7,9-11,13,15-16H2. The molecule has 1 aromatic heterocycles. The van der Waals surface area contributed by atoms with Crippen molar-refractivity contribution < 1.29 is 13.6 Å². The van der Waals surface area contributed by atoms with Crippen LogP contribution in [-0.4, -0.2) is 53.4 Å². The second-order valence-electron chi connectivity index (χ2n) is 7.99. The van der Waals surface area contributed by atoms with Crippen LogP contribution in [0.15, 0.2) is 34.9 Å². The minimum atomic E-state index is -0.243. The predicted octanol–water partition coefficient (Wildman–Crippen LogP) is 3.60. The molecule has 0 bridgehead atoms. The fraction of sp³-hybridized carbons (Fsp3) is 0.545. The summed E-state index contributed by atoms with van der Waals surface area (Å²) in [7, 11) is 0. The molecule has 6 heteroatoms. The lowest BCUT2D eigenvalue weighted by Crippen LogP contribution is -2.45. The third-order valence-electron chi connectivity index (χ3n) is 5.77. The lowest BCUT2D eigenvalue weighted by Gasteiger charge is -2.34. The summed E-state index contributed by atoms with van der Waals surface area (Å²) in [6.07, 6.45) is 7.87. The largest absolute Gasteiger partial charge is 0.445 e. The fourth-order valence-corrected chi connectivity index (χ4v) is 4.26. The number of amides is 1. The number of oxazole rings is 1. The molecule has 0 saturated carbocycles. The normalized spacial score (nSPS) is 21.0. The van der Waals surface area contributed by atoms with Crippen molar-refractivity contribution in [2.24, 2.45) is 0 Å². The number of nitrogens with zero attached hydrogens (tertiary/aromatic N) is 3. The number of hydrogen-bond acceptors (Lipinski definition) is 4. The maximum absolute atomic E-state index is 13.4. The minimum Gasteiger partial charge on any atom is -0.445 e. The highest BCUT2D eigenvalue weighted by Gasteiger charge is 2.28. The van der Waals surface area contributed by atoms with E-state index in [0.29, 0.717) is 25.4 Å². The topological polar surface area (TPSA) is 49.6 Å². The average Bonchev–Trinajstić information content (AvgIpc) is 3.17. The van der Waals surface area contributed by atoms with Gasteiger partial charge in [0.1, 0.15) is 11.6 Å². The Hall–Kier alpha value is -2.21. The van der Waals surface area contributed by atoms with Crippen LogP contribution in [0.2, 0.25) is 0 Å². The van der Waals surface area contributed by atoms with Gasteiger partial charge in [0.25, 0.3) is 0 Å². The molecule has 2 aliphatic heterocycles. The van der Waals surface area contributed by atoms with Gasteiger partial charge in [-0.15, -0.1) is 0 Å². The molecule has 1 atom stereocenters. The van der Waals surface area contributed by atoms with Crippen LogP contribution in [0.1, 0.15) is 55.2 Å². The van der Waals surface area contributed by atoms with E-state index < -0.39 is 0 Å². The summed E-state index contributed by atoms with van der Waals surface area (Å²) in [6.45, 7) is 4.09. The summed E-state index contributed by atoms with van der Waals surface area (Å²) in [5.74, 6) is 1.55. The van der Waals surface area contributed by atoms with E-state index in [-0.39, 0.29) is 17.6 Å². The van der Waals surface area contributed by atoms with Gasteiger partial charge in [-0.2, -0.15) is 0 Å². The molecule has 0 radical (unpaired) electrons. The first-order valence-corrected chi connectivity index (χ1v) is 10.4. The van der Waals surface area contributed by atoms with Crippen molar-refractivity contribution in [3.05, 3.63) is 53.5 Å². The molecule has 0 N–H and O–H groups in total. The van der Waals surface area contributed by atoms with Gasteiger partial charge < -0.3 is 9.32 Å². The summed E-state index contributed by atoms with van der Waals surface area (Å²) < 4.78 is 19.3. The van der Waals surface area contributed by atoms with Crippen molar-refractivity contribution in [1.29, 1.82) is 0 Å². The van der Waals surface area contributed by atoms with Crippen LogP contribution in [0, 0.1) is 5.82 Å². The van der Waals surface area contributed by atoms with Gasteiger partial charge in [0.2, 0.25) is 5.91 Å². The molecule has 0 aliphatic carbocycles. The number of likely N-dealkylation sites (tertiary alicyclic amines) is 2. The second-order valence-corrected chi connectivity index (χ2v) is 7.99. The Balaban J connectivity index is 1.35. The van der Waals surface area contributed by atoms with E-state index in [1.807, 2.05) is 11.0 Å². The van der Waals surface area contributed by atoms with Gasteiger partial charge in [0, 0.05) is 19.5 Å². The van der Waals surface area contributed by atoms with Crippen LogP contribution in [-0.2, 0) is 11.2 Å². The van der Waals surface area contributed by atoms with Crippen LogP contribution < -0.4 is 0 Å².